The Morgan fingerprint density at radius 2 is 1.27 bits per heavy atom. The maximum absolute atomic E-state index is 13.2. The van der Waals surface area contributed by atoms with E-state index in [1.54, 1.807) is 0 Å². The van der Waals surface area contributed by atoms with Crippen molar-refractivity contribution in [3.05, 3.63) is 91.0 Å². The number of carbonyl (C=O) groups is 1. The zero-order valence-corrected chi connectivity index (χ0v) is 19.5. The topological polar surface area (TPSA) is 47.9 Å². The van der Waals surface area contributed by atoms with Crippen molar-refractivity contribution in [1.29, 1.82) is 0 Å². The first-order chi connectivity index (χ1) is 14.2. The van der Waals surface area contributed by atoms with Gasteiger partial charge in [-0.25, -0.2) is 4.79 Å². The molecule has 0 fully saturated rings. The Balaban J connectivity index is 0.00000320. The quantitative estimate of drug-likeness (QED) is 0.202. The van der Waals surface area contributed by atoms with Crippen LogP contribution in [0.5, 0.6) is 0 Å². The summed E-state index contributed by atoms with van der Waals surface area (Å²) in [7, 11) is -0.850. The average molecular weight is 486 g/mol. The number of carbonyl (C=O) groups excluding carboxylic acids is 1. The van der Waals surface area contributed by atoms with E-state index in [-0.39, 0.29) is 35.2 Å². The minimum absolute atomic E-state index is 0. The molecule has 0 aliphatic carbocycles. The number of esters is 1. The molecule has 6 heteroatoms. The second-order valence-electron chi connectivity index (χ2n) is 6.51. The molecule has 0 bridgehead atoms. The number of nitrogens with zero attached hydrogens (tertiary/aromatic N) is 1. The van der Waals surface area contributed by atoms with Gasteiger partial charge in [-0.05, 0) is 43.3 Å². The van der Waals surface area contributed by atoms with Gasteiger partial charge in [0.1, 0.15) is 36.9 Å². The third kappa shape index (κ3) is 4.97. The Kier molecular flexibility index (Phi) is 9.22. The summed E-state index contributed by atoms with van der Waals surface area (Å²) in [6.45, 7) is 2.05. The maximum atomic E-state index is 13.2. The van der Waals surface area contributed by atoms with Gasteiger partial charge in [-0.2, -0.15) is 0 Å². The molecule has 1 atom stereocenters. The molecule has 156 valence electrons. The molecule has 0 aliphatic heterocycles. The minimum atomic E-state index is -2.31. The van der Waals surface area contributed by atoms with Crippen LogP contribution in [-0.4, -0.2) is 31.6 Å². The predicted molar refractivity (Wildman–Crippen MR) is 121 cm³/mol. The van der Waals surface area contributed by atoms with Gasteiger partial charge in [-0.1, -0.05) is 59.8 Å². The second kappa shape index (κ2) is 11.6. The van der Waals surface area contributed by atoms with Crippen molar-refractivity contribution in [2.24, 2.45) is 5.16 Å². The molecule has 4 nitrogen and oxygen atoms in total. The van der Waals surface area contributed by atoms with Crippen LogP contribution in [0, 0.1) is 0 Å². The third-order valence-electron chi connectivity index (χ3n) is 4.89. The molecular formula is C24H25BrNO3P. The molecule has 3 aromatic rings. The van der Waals surface area contributed by atoms with E-state index < -0.39 is 7.26 Å². The molecule has 0 saturated carbocycles. The summed E-state index contributed by atoms with van der Waals surface area (Å²) in [5, 5.41) is 7.08. The monoisotopic (exact) mass is 485 g/mol. The summed E-state index contributed by atoms with van der Waals surface area (Å²) in [5.74, 6) is -0.252. The zero-order chi connectivity index (χ0) is 20.5. The van der Waals surface area contributed by atoms with E-state index >= 15 is 0 Å². The van der Waals surface area contributed by atoms with E-state index in [1.165, 1.54) is 13.3 Å². The number of halogens is 1. The van der Waals surface area contributed by atoms with Crippen LogP contribution in [0.1, 0.15) is 6.92 Å². The summed E-state index contributed by atoms with van der Waals surface area (Å²) in [5.41, 5.74) is -0.370. The van der Waals surface area contributed by atoms with Crippen LogP contribution in [0.4, 0.5) is 0 Å². The SMILES string of the molecule is CON=CCOC(=O)C(C)[P+](c1ccccc1)(c1ccccc1)c1ccccc1.[Br-]. The molecular weight excluding hydrogens is 461 g/mol. The van der Waals surface area contributed by atoms with Crippen LogP contribution in [0.3, 0.4) is 0 Å². The van der Waals surface area contributed by atoms with Crippen LogP contribution >= 0.6 is 7.26 Å². The van der Waals surface area contributed by atoms with E-state index in [0.29, 0.717) is 0 Å². The number of ether oxygens (including phenoxy) is 1. The standard InChI is InChI=1S/C24H25NO3P.BrH/c1-20(24(26)28-19-18-25-27-2)29(21-12-6-3-7-13-21,22-14-8-4-9-15-22)23-16-10-5-11-17-23;/h3-18,20H,19H2,1-2H3;1H/q+1;/p-1. The number of hydrogen-bond acceptors (Lipinski definition) is 4. The number of hydrogen-bond donors (Lipinski definition) is 0. The Labute approximate surface area is 189 Å². The van der Waals surface area contributed by atoms with E-state index in [4.69, 9.17) is 4.74 Å². The lowest BCUT2D eigenvalue weighted by Crippen LogP contribution is -3.00. The van der Waals surface area contributed by atoms with E-state index in [2.05, 4.69) is 46.4 Å². The number of rotatable bonds is 8. The highest BCUT2D eigenvalue weighted by molar-refractivity contribution is 7.96. The Morgan fingerprint density at radius 1 is 0.867 bits per heavy atom. The highest BCUT2D eigenvalue weighted by Crippen LogP contribution is 2.59. The van der Waals surface area contributed by atoms with Crippen molar-refractivity contribution in [3.63, 3.8) is 0 Å². The first-order valence-electron chi connectivity index (χ1n) is 9.48. The first-order valence-corrected chi connectivity index (χ1v) is 11.3. The molecule has 3 aromatic carbocycles. The molecule has 1 unspecified atom stereocenters. The molecule has 0 heterocycles. The number of oxime groups is 1. The van der Waals surface area contributed by atoms with Gasteiger partial charge in [-0.15, -0.1) is 0 Å². The summed E-state index contributed by atoms with van der Waals surface area (Å²) in [6.07, 6.45) is 1.44. The van der Waals surface area contributed by atoms with Crippen molar-refractivity contribution in [3.8, 4) is 0 Å². The predicted octanol–water partition coefficient (Wildman–Crippen LogP) is 0.548. The van der Waals surface area contributed by atoms with Crippen molar-refractivity contribution in [2.45, 2.75) is 12.6 Å². The maximum Gasteiger partial charge on any atom is 0.348 e. The van der Waals surface area contributed by atoms with Crippen molar-refractivity contribution in [2.75, 3.05) is 13.7 Å². The third-order valence-corrected chi connectivity index (χ3v) is 9.60. The summed E-state index contributed by atoms with van der Waals surface area (Å²) in [6, 6.07) is 30.8. The van der Waals surface area contributed by atoms with Gasteiger partial charge < -0.3 is 26.6 Å². The Morgan fingerprint density at radius 3 is 1.63 bits per heavy atom. The van der Waals surface area contributed by atoms with Crippen LogP contribution in [0.2, 0.25) is 0 Å². The fourth-order valence-electron chi connectivity index (χ4n) is 3.61. The lowest BCUT2D eigenvalue weighted by Gasteiger charge is -2.31. The van der Waals surface area contributed by atoms with Crippen molar-refractivity contribution >= 4 is 35.4 Å². The van der Waals surface area contributed by atoms with E-state index in [9.17, 15) is 4.79 Å². The largest absolute Gasteiger partial charge is 1.00 e. The van der Waals surface area contributed by atoms with Crippen LogP contribution in [0.25, 0.3) is 0 Å². The lowest BCUT2D eigenvalue weighted by molar-refractivity contribution is -0.141. The van der Waals surface area contributed by atoms with Gasteiger partial charge in [0.05, 0.1) is 6.21 Å². The van der Waals surface area contributed by atoms with Gasteiger partial charge in [0.25, 0.3) is 0 Å². The zero-order valence-electron chi connectivity index (χ0n) is 17.0. The molecule has 30 heavy (non-hydrogen) atoms. The normalized spacial score (nSPS) is 12.1. The van der Waals surface area contributed by atoms with E-state index in [0.717, 1.165) is 15.9 Å². The second-order valence-corrected chi connectivity index (χ2v) is 10.3. The van der Waals surface area contributed by atoms with Gasteiger partial charge in [-0.3, -0.25) is 0 Å². The molecule has 0 aromatic heterocycles. The molecule has 3 rings (SSSR count). The van der Waals surface area contributed by atoms with Gasteiger partial charge >= 0.3 is 5.97 Å². The fraction of sp³-hybridized carbons (Fsp3) is 0.167. The summed E-state index contributed by atoms with van der Waals surface area (Å²) in [4.78, 5) is 17.8. The minimum Gasteiger partial charge on any atom is -1.00 e. The Bertz CT molecular complexity index is 840. The molecule has 0 spiro atoms. The number of benzene rings is 3. The molecule has 0 aliphatic rings. The summed E-state index contributed by atoms with van der Waals surface area (Å²) >= 11 is 0. The molecule has 0 amide bonds. The van der Waals surface area contributed by atoms with Gasteiger partial charge in [0, 0.05) is 0 Å². The fourth-order valence-corrected chi connectivity index (χ4v) is 8.16. The average Bonchev–Trinajstić information content (AvgIpc) is 2.79. The summed E-state index contributed by atoms with van der Waals surface area (Å²) < 4.78 is 5.54. The Hall–Kier alpha value is -2.49. The highest BCUT2D eigenvalue weighted by atomic mass is 79.9. The van der Waals surface area contributed by atoms with Crippen molar-refractivity contribution in [1.82, 2.24) is 0 Å². The lowest BCUT2D eigenvalue weighted by atomic mass is 10.3. The van der Waals surface area contributed by atoms with Crippen LogP contribution < -0.4 is 32.9 Å². The molecule has 0 N–H and O–H groups in total. The van der Waals surface area contributed by atoms with Gasteiger partial charge in [0.2, 0.25) is 0 Å². The van der Waals surface area contributed by atoms with Gasteiger partial charge in [0.15, 0.2) is 5.66 Å². The van der Waals surface area contributed by atoms with E-state index in [1.807, 2.05) is 61.5 Å². The smallest absolute Gasteiger partial charge is 0.348 e. The highest BCUT2D eigenvalue weighted by Gasteiger charge is 2.54. The van der Waals surface area contributed by atoms with Crippen LogP contribution in [-0.2, 0) is 14.4 Å². The first kappa shape index (κ1) is 23.8. The molecule has 0 saturated heterocycles. The molecule has 0 radical (unpaired) electrons. The van der Waals surface area contributed by atoms with Crippen molar-refractivity contribution < 1.29 is 31.4 Å². The van der Waals surface area contributed by atoms with Crippen LogP contribution in [0.15, 0.2) is 96.2 Å².